The predicted molar refractivity (Wildman–Crippen MR) is 120 cm³/mol. The number of carbonyl (C=O) groups excluding carboxylic acids is 2. The molecule has 0 bridgehead atoms. The molecule has 3 aromatic carbocycles. The Balaban J connectivity index is 1.44. The van der Waals surface area contributed by atoms with Crippen LogP contribution in [0.1, 0.15) is 29.9 Å². The van der Waals surface area contributed by atoms with Crippen LogP contribution in [-0.2, 0) is 9.59 Å². The number of nitrogens with zero attached hydrogens (tertiary/aromatic N) is 1. The third-order valence-electron chi connectivity index (χ3n) is 5.42. The van der Waals surface area contributed by atoms with Crippen LogP contribution < -0.4 is 10.2 Å². The van der Waals surface area contributed by atoms with Gasteiger partial charge in [0.1, 0.15) is 0 Å². The quantitative estimate of drug-likeness (QED) is 0.626. The van der Waals surface area contributed by atoms with Gasteiger partial charge in [-0.05, 0) is 35.4 Å². The number of hydrogen-bond acceptors (Lipinski definition) is 2. The molecule has 3 aromatic rings. The van der Waals surface area contributed by atoms with E-state index in [4.69, 9.17) is 11.6 Å². The molecular weight excluding hydrogens is 396 g/mol. The van der Waals surface area contributed by atoms with E-state index in [1.54, 1.807) is 17.0 Å². The number of amides is 2. The van der Waals surface area contributed by atoms with Gasteiger partial charge >= 0.3 is 0 Å². The van der Waals surface area contributed by atoms with Crippen LogP contribution in [0.3, 0.4) is 0 Å². The molecule has 4 nitrogen and oxygen atoms in total. The molecule has 0 radical (unpaired) electrons. The third kappa shape index (κ3) is 4.71. The molecule has 0 aliphatic carbocycles. The molecule has 1 N–H and O–H groups in total. The lowest BCUT2D eigenvalue weighted by Gasteiger charge is -2.20. The highest BCUT2D eigenvalue weighted by Gasteiger charge is 2.32. The van der Waals surface area contributed by atoms with Crippen molar-refractivity contribution >= 4 is 29.1 Å². The second kappa shape index (κ2) is 9.14. The molecule has 4 rings (SSSR count). The fraction of sp³-hybridized carbons (Fsp3) is 0.200. The topological polar surface area (TPSA) is 49.4 Å². The zero-order valence-corrected chi connectivity index (χ0v) is 17.3. The fourth-order valence-electron chi connectivity index (χ4n) is 3.95. The maximum atomic E-state index is 12.9. The van der Waals surface area contributed by atoms with Gasteiger partial charge in [0.2, 0.25) is 11.8 Å². The number of rotatable bonds is 6. The number of nitrogens with one attached hydrogen (secondary N) is 1. The predicted octanol–water partition coefficient (Wildman–Crippen LogP) is 4.78. The molecule has 30 heavy (non-hydrogen) atoms. The Kier molecular flexibility index (Phi) is 6.15. The van der Waals surface area contributed by atoms with Crippen molar-refractivity contribution in [1.29, 1.82) is 0 Å². The summed E-state index contributed by atoms with van der Waals surface area (Å²) >= 11 is 5.94. The first-order chi connectivity index (χ1) is 14.6. The second-order valence-electron chi connectivity index (χ2n) is 7.53. The van der Waals surface area contributed by atoms with Gasteiger partial charge in [0.25, 0.3) is 0 Å². The van der Waals surface area contributed by atoms with Gasteiger partial charge in [-0.2, -0.15) is 0 Å². The normalized spacial score (nSPS) is 16.1. The number of benzene rings is 3. The van der Waals surface area contributed by atoms with E-state index < -0.39 is 0 Å². The van der Waals surface area contributed by atoms with E-state index in [9.17, 15) is 9.59 Å². The average molecular weight is 419 g/mol. The van der Waals surface area contributed by atoms with Crippen molar-refractivity contribution in [1.82, 2.24) is 5.32 Å². The van der Waals surface area contributed by atoms with E-state index in [0.29, 0.717) is 24.4 Å². The number of carbonyl (C=O) groups is 2. The maximum Gasteiger partial charge on any atom is 0.229 e. The van der Waals surface area contributed by atoms with Crippen molar-refractivity contribution in [3.63, 3.8) is 0 Å². The summed E-state index contributed by atoms with van der Waals surface area (Å²) < 4.78 is 0. The Morgan fingerprint density at radius 1 is 0.933 bits per heavy atom. The molecule has 1 fully saturated rings. The van der Waals surface area contributed by atoms with Crippen molar-refractivity contribution in [3.05, 3.63) is 101 Å². The monoisotopic (exact) mass is 418 g/mol. The molecule has 152 valence electrons. The van der Waals surface area contributed by atoms with E-state index in [-0.39, 0.29) is 23.8 Å². The summed E-state index contributed by atoms with van der Waals surface area (Å²) in [7, 11) is 0. The van der Waals surface area contributed by atoms with E-state index >= 15 is 0 Å². The van der Waals surface area contributed by atoms with Crippen molar-refractivity contribution in [2.45, 2.75) is 24.8 Å². The zero-order chi connectivity index (χ0) is 20.9. The van der Waals surface area contributed by atoms with Gasteiger partial charge in [-0.1, -0.05) is 72.3 Å². The van der Waals surface area contributed by atoms with Crippen molar-refractivity contribution in [2.75, 3.05) is 11.4 Å². The Bertz CT molecular complexity index is 967. The van der Waals surface area contributed by atoms with Crippen LogP contribution in [0.15, 0.2) is 84.9 Å². The molecule has 1 aliphatic heterocycles. The highest BCUT2D eigenvalue weighted by atomic mass is 35.5. The largest absolute Gasteiger partial charge is 0.351 e. The molecule has 0 unspecified atom stereocenters. The minimum atomic E-state index is -0.201. The first-order valence-corrected chi connectivity index (χ1v) is 10.4. The average Bonchev–Trinajstić information content (AvgIpc) is 3.13. The summed E-state index contributed by atoms with van der Waals surface area (Å²) in [6.45, 7) is 0.466. The van der Waals surface area contributed by atoms with Gasteiger partial charge in [0.15, 0.2) is 0 Å². The summed E-state index contributed by atoms with van der Waals surface area (Å²) in [5.41, 5.74) is 3.00. The van der Waals surface area contributed by atoms with E-state index in [0.717, 1.165) is 16.8 Å². The highest BCUT2D eigenvalue weighted by Crippen LogP contribution is 2.28. The summed E-state index contributed by atoms with van der Waals surface area (Å²) in [6, 6.07) is 27.1. The van der Waals surface area contributed by atoms with E-state index in [1.165, 1.54) is 0 Å². The molecule has 5 heteroatoms. The van der Waals surface area contributed by atoms with Gasteiger partial charge in [-0.15, -0.1) is 0 Å². The standard InChI is InChI=1S/C25H23ClN2O2/c26-20-11-13-22(14-12-20)28-17-21(15-25(28)30)27-24(29)16-23(18-7-3-1-4-8-18)19-9-5-2-6-10-19/h1-14,21,23H,15-17H2,(H,27,29)/t21-/m0/s1. The molecule has 0 spiro atoms. The van der Waals surface area contributed by atoms with Crippen LogP contribution >= 0.6 is 11.6 Å². The summed E-state index contributed by atoms with van der Waals surface area (Å²) in [4.78, 5) is 27.1. The lowest BCUT2D eigenvalue weighted by molar-refractivity contribution is -0.122. The number of anilines is 1. The molecule has 1 saturated heterocycles. The molecule has 1 aliphatic rings. The third-order valence-corrected chi connectivity index (χ3v) is 5.67. The smallest absolute Gasteiger partial charge is 0.229 e. The Morgan fingerprint density at radius 3 is 2.07 bits per heavy atom. The van der Waals surface area contributed by atoms with Crippen molar-refractivity contribution < 1.29 is 9.59 Å². The summed E-state index contributed by atoms with van der Waals surface area (Å²) in [6.07, 6.45) is 0.634. The Morgan fingerprint density at radius 2 is 1.50 bits per heavy atom. The molecule has 1 heterocycles. The second-order valence-corrected chi connectivity index (χ2v) is 7.96. The van der Waals surface area contributed by atoms with Crippen LogP contribution in [0.25, 0.3) is 0 Å². The Hall–Kier alpha value is -3.11. The van der Waals surface area contributed by atoms with Gasteiger partial charge < -0.3 is 10.2 Å². The number of halogens is 1. The Labute approximate surface area is 181 Å². The molecule has 2 amide bonds. The lowest BCUT2D eigenvalue weighted by Crippen LogP contribution is -2.37. The molecule has 0 saturated carbocycles. The van der Waals surface area contributed by atoms with Gasteiger partial charge in [-0.3, -0.25) is 9.59 Å². The van der Waals surface area contributed by atoms with Crippen LogP contribution in [-0.4, -0.2) is 24.4 Å². The van der Waals surface area contributed by atoms with E-state index in [2.05, 4.69) is 5.32 Å². The first kappa shape index (κ1) is 20.2. The van der Waals surface area contributed by atoms with Crippen molar-refractivity contribution in [3.8, 4) is 0 Å². The van der Waals surface area contributed by atoms with Crippen LogP contribution in [0.4, 0.5) is 5.69 Å². The first-order valence-electron chi connectivity index (χ1n) is 10.1. The van der Waals surface area contributed by atoms with E-state index in [1.807, 2.05) is 72.8 Å². The van der Waals surface area contributed by atoms with Gasteiger partial charge in [0.05, 0.1) is 6.04 Å². The maximum absolute atomic E-state index is 12.9. The van der Waals surface area contributed by atoms with Gasteiger partial charge in [-0.25, -0.2) is 0 Å². The highest BCUT2D eigenvalue weighted by molar-refractivity contribution is 6.30. The molecular formula is C25H23ClN2O2. The molecule has 1 atom stereocenters. The van der Waals surface area contributed by atoms with Crippen LogP contribution in [0.5, 0.6) is 0 Å². The SMILES string of the molecule is O=C(CC(c1ccccc1)c1ccccc1)N[C@H]1CC(=O)N(c2ccc(Cl)cc2)C1. The lowest BCUT2D eigenvalue weighted by atomic mass is 9.88. The zero-order valence-electron chi connectivity index (χ0n) is 16.5. The fourth-order valence-corrected chi connectivity index (χ4v) is 4.07. The van der Waals surface area contributed by atoms with Crippen molar-refractivity contribution in [2.24, 2.45) is 0 Å². The number of hydrogen-bond donors (Lipinski definition) is 1. The summed E-state index contributed by atoms with van der Waals surface area (Å²) in [5, 5.41) is 3.69. The summed E-state index contributed by atoms with van der Waals surface area (Å²) in [5.74, 6) is -0.0781. The minimum Gasteiger partial charge on any atom is -0.351 e. The van der Waals surface area contributed by atoms with Crippen LogP contribution in [0.2, 0.25) is 5.02 Å². The minimum absolute atomic E-state index is 0.00490. The molecule has 0 aromatic heterocycles. The van der Waals surface area contributed by atoms with Crippen LogP contribution in [0, 0.1) is 0 Å². The van der Waals surface area contributed by atoms with Gasteiger partial charge in [0, 0.05) is 36.0 Å².